The molecule has 8 aromatic rings. The van der Waals surface area contributed by atoms with Gasteiger partial charge < -0.3 is 36.1 Å². The topological polar surface area (TPSA) is 204 Å². The summed E-state index contributed by atoms with van der Waals surface area (Å²) in [4.78, 5) is 34.0. The Morgan fingerprint density at radius 1 is 0.603 bits per heavy atom. The van der Waals surface area contributed by atoms with Crippen LogP contribution in [0.1, 0.15) is 24.5 Å². The van der Waals surface area contributed by atoms with Gasteiger partial charge in [-0.3, -0.25) is 4.90 Å². The standard InChI is InChI=1S/C22H26N8O.C13H14ClN5O.C9H13N3/c1-31-17-7-4-6-16-20(17)26-22(23)30-21(16)25-18(27-30)8-5-11-28-12-14-29(15-13-28)19-9-2-3-10-24-19;1-20-9-5-2-4-8-11(9)17-13(15)19-12(8)16-10(18-19)6-3-7-14;1-2-4-11-9(3-1)12-7-5-10-6-8-12/h2-4,6-7,9-10H,5,8,11-15H2,1H3,(H2,23,26);2,4-5H,3,6-7H2,1H3,(H2,15,17);1-4,10H,5-8H2. The normalized spacial score (nSPS) is 14.4. The molecule has 6 aromatic heterocycles. The van der Waals surface area contributed by atoms with Crippen LogP contribution in [0.15, 0.2) is 85.2 Å². The Kier molecular flexibility index (Phi) is 14.0. The van der Waals surface area contributed by atoms with Gasteiger partial charge in [-0.25, -0.2) is 29.9 Å². The van der Waals surface area contributed by atoms with Crippen LogP contribution in [0.4, 0.5) is 23.5 Å². The van der Waals surface area contributed by atoms with Gasteiger partial charge in [0.15, 0.2) is 22.9 Å². The van der Waals surface area contributed by atoms with Crippen LogP contribution in [-0.2, 0) is 12.8 Å². The van der Waals surface area contributed by atoms with Gasteiger partial charge in [0, 0.05) is 94.2 Å². The molecule has 2 fully saturated rings. The van der Waals surface area contributed by atoms with E-state index in [1.165, 1.54) is 0 Å². The first-order valence-electron chi connectivity index (χ1n) is 21.2. The zero-order chi connectivity index (χ0) is 43.5. The van der Waals surface area contributed by atoms with E-state index in [-0.39, 0.29) is 0 Å². The van der Waals surface area contributed by atoms with Gasteiger partial charge in [0.2, 0.25) is 11.9 Å². The Hall–Kier alpha value is -6.63. The molecule has 0 unspecified atom stereocenters. The van der Waals surface area contributed by atoms with Gasteiger partial charge in [-0.2, -0.15) is 9.03 Å². The van der Waals surface area contributed by atoms with Gasteiger partial charge in [-0.15, -0.1) is 21.8 Å². The minimum atomic E-state index is 0.293. The number of nitrogens with one attached hydrogen (secondary N) is 1. The molecule has 0 radical (unpaired) electrons. The lowest BCUT2D eigenvalue weighted by molar-refractivity contribution is 0.254. The molecule has 63 heavy (non-hydrogen) atoms. The molecular weight excluding hydrogens is 820 g/mol. The molecule has 0 bridgehead atoms. The number of hydrogen-bond donors (Lipinski definition) is 3. The Morgan fingerprint density at radius 2 is 1.11 bits per heavy atom. The first kappa shape index (κ1) is 43.0. The van der Waals surface area contributed by atoms with E-state index in [0.29, 0.717) is 46.0 Å². The fraction of sp³-hybridized carbons (Fsp3) is 0.364. The van der Waals surface area contributed by atoms with Gasteiger partial charge in [-0.1, -0.05) is 24.3 Å². The molecule has 0 spiro atoms. The number of alkyl halides is 1. The molecule has 8 heterocycles. The number of fused-ring (bicyclic) bond motifs is 6. The number of nitrogens with zero attached hydrogens (tertiary/aromatic N) is 13. The molecule has 328 valence electrons. The number of ether oxygens (including phenoxy) is 2. The average molecular weight is 873 g/mol. The second kappa shape index (κ2) is 20.5. The van der Waals surface area contributed by atoms with E-state index < -0.39 is 0 Å². The van der Waals surface area contributed by atoms with Crippen molar-refractivity contribution < 1.29 is 9.47 Å². The van der Waals surface area contributed by atoms with Crippen molar-refractivity contribution in [3.05, 3.63) is 96.8 Å². The van der Waals surface area contributed by atoms with Crippen LogP contribution in [0.3, 0.4) is 0 Å². The number of hydrogen-bond acceptors (Lipinski definition) is 16. The third-order valence-electron chi connectivity index (χ3n) is 11.0. The summed E-state index contributed by atoms with van der Waals surface area (Å²) in [7, 11) is 3.23. The maximum atomic E-state index is 6.14. The van der Waals surface area contributed by atoms with Crippen LogP contribution in [0.25, 0.3) is 33.1 Å². The Bertz CT molecular complexity index is 2720. The van der Waals surface area contributed by atoms with Crippen molar-refractivity contribution in [3.63, 3.8) is 0 Å². The van der Waals surface area contributed by atoms with Crippen molar-refractivity contribution in [2.24, 2.45) is 0 Å². The van der Waals surface area contributed by atoms with Crippen molar-refractivity contribution >= 4 is 68.2 Å². The Morgan fingerprint density at radius 3 is 1.59 bits per heavy atom. The maximum absolute atomic E-state index is 6.14. The highest BCUT2D eigenvalue weighted by molar-refractivity contribution is 6.17. The van der Waals surface area contributed by atoms with E-state index in [1.807, 2.05) is 73.1 Å². The number of rotatable bonds is 11. The number of halogens is 1. The molecular formula is C44H53ClN16O2. The number of nitrogens with two attached hydrogens (primary N) is 2. The van der Waals surface area contributed by atoms with Crippen LogP contribution in [-0.4, -0.2) is 133 Å². The van der Waals surface area contributed by atoms with Crippen molar-refractivity contribution in [3.8, 4) is 11.5 Å². The highest BCUT2D eigenvalue weighted by Crippen LogP contribution is 2.29. The van der Waals surface area contributed by atoms with Crippen LogP contribution >= 0.6 is 11.6 Å². The number of pyridine rings is 2. The number of nitrogen functional groups attached to an aromatic ring is 2. The van der Waals surface area contributed by atoms with Crippen molar-refractivity contribution in [2.45, 2.75) is 25.7 Å². The number of piperazine rings is 2. The van der Waals surface area contributed by atoms with Crippen LogP contribution < -0.4 is 36.1 Å². The summed E-state index contributed by atoms with van der Waals surface area (Å²) in [5.41, 5.74) is 14.9. The largest absolute Gasteiger partial charge is 0.494 e. The number of para-hydroxylation sites is 2. The lowest BCUT2D eigenvalue weighted by Crippen LogP contribution is -2.47. The molecule has 10 rings (SSSR count). The lowest BCUT2D eigenvalue weighted by Gasteiger charge is -2.35. The SMILES string of the molecule is COc1cccc2c1nc(N)n1nc(CCCCl)nc21.COc1cccc2c1nc(N)n1nc(CCCN3CCN(c4ccccn4)CC3)nc21.c1ccc(N2CCNCC2)nc1. The fourth-order valence-electron chi connectivity index (χ4n) is 7.74. The van der Waals surface area contributed by atoms with Crippen molar-refractivity contribution in [2.75, 3.05) is 100 Å². The molecule has 18 nitrogen and oxygen atoms in total. The average Bonchev–Trinajstić information content (AvgIpc) is 3.99. The lowest BCUT2D eigenvalue weighted by atomic mass is 10.2. The molecule has 0 aliphatic carbocycles. The van der Waals surface area contributed by atoms with Crippen LogP contribution in [0, 0.1) is 0 Å². The van der Waals surface area contributed by atoms with E-state index in [4.69, 9.17) is 37.5 Å². The maximum Gasteiger partial charge on any atom is 0.223 e. The van der Waals surface area contributed by atoms with E-state index >= 15 is 0 Å². The number of aryl methyl sites for hydroxylation is 2. The molecule has 2 saturated heterocycles. The smallest absolute Gasteiger partial charge is 0.223 e. The zero-order valence-corrected chi connectivity index (χ0v) is 36.4. The molecule has 0 atom stereocenters. The van der Waals surface area contributed by atoms with Gasteiger partial charge in [0.05, 0.1) is 14.2 Å². The Balaban J connectivity index is 0.000000145. The van der Waals surface area contributed by atoms with Gasteiger partial charge in [0.1, 0.15) is 34.2 Å². The monoisotopic (exact) mass is 872 g/mol. The molecule has 2 aromatic carbocycles. The van der Waals surface area contributed by atoms with E-state index in [0.717, 1.165) is 124 Å². The predicted molar refractivity (Wildman–Crippen MR) is 248 cm³/mol. The number of aromatic nitrogens is 10. The highest BCUT2D eigenvalue weighted by Gasteiger charge is 2.19. The number of methoxy groups -OCH3 is 2. The van der Waals surface area contributed by atoms with Crippen LogP contribution in [0.2, 0.25) is 0 Å². The zero-order valence-electron chi connectivity index (χ0n) is 35.6. The second-order valence-corrected chi connectivity index (χ2v) is 15.4. The van der Waals surface area contributed by atoms with E-state index in [2.05, 4.69) is 67.3 Å². The summed E-state index contributed by atoms with van der Waals surface area (Å²) in [5, 5.41) is 14.0. The molecule has 0 amide bonds. The summed E-state index contributed by atoms with van der Waals surface area (Å²) in [6.07, 6.45) is 7.04. The molecule has 19 heteroatoms. The summed E-state index contributed by atoms with van der Waals surface area (Å²) < 4.78 is 13.9. The fourth-order valence-corrected chi connectivity index (χ4v) is 7.87. The summed E-state index contributed by atoms with van der Waals surface area (Å²) in [6, 6.07) is 23.6. The number of benzene rings is 2. The quantitative estimate of drug-likeness (QED) is 0.153. The third-order valence-corrected chi connectivity index (χ3v) is 11.2. The minimum Gasteiger partial charge on any atom is -0.494 e. The van der Waals surface area contributed by atoms with Crippen molar-refractivity contribution in [1.82, 2.24) is 59.3 Å². The Labute approximate surface area is 370 Å². The van der Waals surface area contributed by atoms with E-state index in [1.54, 1.807) is 23.3 Å². The first-order valence-corrected chi connectivity index (χ1v) is 21.7. The molecule has 2 aliphatic rings. The van der Waals surface area contributed by atoms with E-state index in [9.17, 15) is 0 Å². The number of anilines is 4. The highest BCUT2D eigenvalue weighted by atomic mass is 35.5. The minimum absolute atomic E-state index is 0.293. The van der Waals surface area contributed by atoms with Crippen molar-refractivity contribution in [1.29, 1.82) is 0 Å². The molecule has 2 aliphatic heterocycles. The first-order chi connectivity index (χ1) is 30.9. The molecule has 5 N–H and O–H groups in total. The second-order valence-electron chi connectivity index (χ2n) is 15.0. The molecule has 0 saturated carbocycles. The predicted octanol–water partition coefficient (Wildman–Crippen LogP) is 4.55. The van der Waals surface area contributed by atoms with Gasteiger partial charge in [-0.05, 0) is 67.9 Å². The summed E-state index contributed by atoms with van der Waals surface area (Å²) in [6.45, 7) is 9.36. The van der Waals surface area contributed by atoms with Gasteiger partial charge in [0.25, 0.3) is 0 Å². The summed E-state index contributed by atoms with van der Waals surface area (Å²) in [5.74, 6) is 6.20. The van der Waals surface area contributed by atoms with Gasteiger partial charge >= 0.3 is 0 Å². The third kappa shape index (κ3) is 10.0. The summed E-state index contributed by atoms with van der Waals surface area (Å²) >= 11 is 5.70. The van der Waals surface area contributed by atoms with Crippen LogP contribution in [0.5, 0.6) is 11.5 Å².